The molecule has 0 aliphatic carbocycles. The highest BCUT2D eigenvalue weighted by molar-refractivity contribution is 6.82. The lowest BCUT2D eigenvalue weighted by molar-refractivity contribution is 0.448. The Balaban J connectivity index is 0.000000873. The summed E-state index contributed by atoms with van der Waals surface area (Å²) in [5.74, 6) is 0. The van der Waals surface area contributed by atoms with E-state index in [0.29, 0.717) is 0 Å². The first-order valence-corrected chi connectivity index (χ1v) is 8.88. The average Bonchev–Trinajstić information content (AvgIpc) is 2.71. The topological polar surface area (TPSA) is 45.4 Å². The van der Waals surface area contributed by atoms with Crippen LogP contribution in [0.5, 0.6) is 0 Å². The first-order valence-electron chi connectivity index (χ1n) is 6.70. The van der Waals surface area contributed by atoms with E-state index in [0.717, 1.165) is 16.6 Å². The molecule has 0 radical (unpaired) electrons. The highest BCUT2D eigenvalue weighted by Gasteiger charge is 2.44. The van der Waals surface area contributed by atoms with E-state index in [1.165, 1.54) is 0 Å². The second-order valence-corrected chi connectivity index (χ2v) is 11.3. The molecule has 0 saturated heterocycles. The van der Waals surface area contributed by atoms with Gasteiger partial charge in [-0.1, -0.05) is 41.5 Å². The van der Waals surface area contributed by atoms with Crippen LogP contribution in [0.25, 0.3) is 0 Å². The molecule has 0 fully saturated rings. The number of aromatic nitrogens is 1. The van der Waals surface area contributed by atoms with Crippen LogP contribution in [0.3, 0.4) is 0 Å². The SMILES string of the molecule is CC(C)[Si](C(C)C)(C(C)C)n1cccc1.OBO. The van der Waals surface area contributed by atoms with E-state index in [2.05, 4.69) is 70.3 Å². The van der Waals surface area contributed by atoms with Crippen LogP contribution in [0.15, 0.2) is 24.5 Å². The van der Waals surface area contributed by atoms with Gasteiger partial charge in [0.05, 0.1) is 0 Å². The highest BCUT2D eigenvalue weighted by Crippen LogP contribution is 2.42. The van der Waals surface area contributed by atoms with Crippen molar-refractivity contribution >= 4 is 15.9 Å². The maximum atomic E-state index is 7.12. The zero-order chi connectivity index (χ0) is 14.3. The van der Waals surface area contributed by atoms with Crippen LogP contribution in [0.2, 0.25) is 16.6 Å². The summed E-state index contributed by atoms with van der Waals surface area (Å²) in [4.78, 5) is 0. The van der Waals surface area contributed by atoms with E-state index in [1.54, 1.807) is 0 Å². The summed E-state index contributed by atoms with van der Waals surface area (Å²) in [5, 5.41) is 14.2. The second-order valence-electron chi connectivity index (χ2n) is 5.58. The number of hydrogen-bond acceptors (Lipinski definition) is 2. The third-order valence-electron chi connectivity index (χ3n) is 3.83. The molecule has 0 amide bonds. The van der Waals surface area contributed by atoms with Gasteiger partial charge in [0.25, 0.3) is 0 Å². The van der Waals surface area contributed by atoms with Crippen LogP contribution in [0.1, 0.15) is 41.5 Å². The third kappa shape index (κ3) is 3.49. The minimum absolute atomic E-state index is 0.750. The van der Waals surface area contributed by atoms with Gasteiger partial charge in [0.1, 0.15) is 0 Å². The smallest absolute Gasteiger partial charge is 0.430 e. The molecule has 0 spiro atoms. The van der Waals surface area contributed by atoms with E-state index >= 15 is 0 Å². The molecule has 0 saturated carbocycles. The quantitative estimate of drug-likeness (QED) is 0.825. The lowest BCUT2D eigenvalue weighted by Crippen LogP contribution is -2.51. The molecule has 104 valence electrons. The summed E-state index contributed by atoms with van der Waals surface area (Å²) in [6.07, 6.45) is 4.54. The molecule has 1 aromatic heterocycles. The van der Waals surface area contributed by atoms with Gasteiger partial charge >= 0.3 is 7.69 Å². The molecule has 5 heteroatoms. The van der Waals surface area contributed by atoms with Crippen molar-refractivity contribution in [2.24, 2.45) is 0 Å². The van der Waals surface area contributed by atoms with Gasteiger partial charge in [-0.3, -0.25) is 0 Å². The lowest BCUT2D eigenvalue weighted by atomic mass is 10.5. The Bertz CT molecular complexity index is 291. The van der Waals surface area contributed by atoms with Gasteiger partial charge in [0.15, 0.2) is 8.24 Å². The largest absolute Gasteiger partial charge is 0.432 e. The predicted octanol–water partition coefficient (Wildman–Crippen LogP) is 2.75. The first-order chi connectivity index (χ1) is 8.35. The minimum Gasteiger partial charge on any atom is -0.430 e. The van der Waals surface area contributed by atoms with Gasteiger partial charge in [-0.2, -0.15) is 0 Å². The second kappa shape index (κ2) is 7.82. The molecule has 0 aliphatic heterocycles. The molecule has 2 N–H and O–H groups in total. The molecule has 1 aromatic rings. The molecule has 3 nitrogen and oxygen atoms in total. The van der Waals surface area contributed by atoms with E-state index in [1.807, 2.05) is 0 Å². The Kier molecular flexibility index (Phi) is 7.59. The maximum Gasteiger partial charge on any atom is 0.432 e. The number of nitrogens with zero attached hydrogens (tertiary/aromatic N) is 1. The van der Waals surface area contributed by atoms with Crippen molar-refractivity contribution < 1.29 is 10.0 Å². The zero-order valence-electron chi connectivity index (χ0n) is 12.6. The number of rotatable bonds is 4. The summed E-state index contributed by atoms with van der Waals surface area (Å²) in [6, 6.07) is 4.32. The Labute approximate surface area is 113 Å². The normalized spacial score (nSPS) is 11.7. The molecular formula is C13H28BNO2Si. The molecule has 18 heavy (non-hydrogen) atoms. The van der Waals surface area contributed by atoms with Crippen molar-refractivity contribution in [3.05, 3.63) is 24.5 Å². The summed E-state index contributed by atoms with van der Waals surface area (Å²) >= 11 is 0. The van der Waals surface area contributed by atoms with Crippen LogP contribution in [-0.2, 0) is 0 Å². The van der Waals surface area contributed by atoms with Gasteiger partial charge < -0.3 is 14.3 Å². The fraction of sp³-hybridized carbons (Fsp3) is 0.692. The maximum absolute atomic E-state index is 7.12. The van der Waals surface area contributed by atoms with E-state index in [-0.39, 0.29) is 0 Å². The average molecular weight is 269 g/mol. The number of hydrogen-bond donors (Lipinski definition) is 2. The Morgan fingerprint density at radius 3 is 1.33 bits per heavy atom. The van der Waals surface area contributed by atoms with Crippen molar-refractivity contribution in [2.45, 2.75) is 58.2 Å². The van der Waals surface area contributed by atoms with Gasteiger partial charge in [-0.15, -0.1) is 0 Å². The molecule has 1 heterocycles. The van der Waals surface area contributed by atoms with E-state index in [9.17, 15) is 0 Å². The fourth-order valence-electron chi connectivity index (χ4n) is 3.49. The van der Waals surface area contributed by atoms with Crippen LogP contribution in [0, 0.1) is 0 Å². The zero-order valence-corrected chi connectivity index (χ0v) is 13.6. The van der Waals surface area contributed by atoms with E-state index < -0.39 is 15.9 Å². The van der Waals surface area contributed by atoms with Crippen molar-refractivity contribution in [3.8, 4) is 0 Å². The summed E-state index contributed by atoms with van der Waals surface area (Å²) in [6.45, 7) is 14.4. The van der Waals surface area contributed by atoms with Crippen molar-refractivity contribution in [1.82, 2.24) is 4.23 Å². The summed E-state index contributed by atoms with van der Waals surface area (Å²) in [7, 11) is -2.18. The molecule has 0 aliphatic rings. The monoisotopic (exact) mass is 269 g/mol. The molecule has 0 bridgehead atoms. The van der Waals surface area contributed by atoms with Crippen molar-refractivity contribution in [1.29, 1.82) is 0 Å². The van der Waals surface area contributed by atoms with Crippen molar-refractivity contribution in [2.75, 3.05) is 0 Å². The highest BCUT2D eigenvalue weighted by atomic mass is 28.3. The Morgan fingerprint density at radius 2 is 1.11 bits per heavy atom. The molecular weight excluding hydrogens is 241 g/mol. The van der Waals surface area contributed by atoms with Gasteiger partial charge in [-0.25, -0.2) is 0 Å². The summed E-state index contributed by atoms with van der Waals surface area (Å²) in [5.41, 5.74) is 2.35. The molecule has 0 aromatic carbocycles. The lowest BCUT2D eigenvalue weighted by Gasteiger charge is -2.44. The molecule has 0 unspecified atom stereocenters. The Morgan fingerprint density at radius 1 is 0.833 bits per heavy atom. The van der Waals surface area contributed by atoms with Crippen LogP contribution in [0.4, 0.5) is 0 Å². The minimum atomic E-state index is -1.43. The summed E-state index contributed by atoms with van der Waals surface area (Å²) < 4.78 is 2.55. The fourth-order valence-corrected chi connectivity index (χ4v) is 9.96. The van der Waals surface area contributed by atoms with Gasteiger partial charge in [-0.05, 0) is 41.1 Å². The molecule has 1 rings (SSSR count). The standard InChI is InChI=1S/C13H25NSi.BH3O2/c1-11(2)15(12(3)4,13(5)6)14-9-7-8-10-14;2-1-3/h7-13H,1-6H3;1-3H. The first kappa shape index (κ1) is 17.5. The van der Waals surface area contributed by atoms with Gasteiger partial charge in [0.2, 0.25) is 0 Å². The third-order valence-corrected chi connectivity index (χ3v) is 10.6. The van der Waals surface area contributed by atoms with Crippen LogP contribution < -0.4 is 0 Å². The van der Waals surface area contributed by atoms with Gasteiger partial charge in [0, 0.05) is 0 Å². The van der Waals surface area contributed by atoms with E-state index in [4.69, 9.17) is 10.0 Å². The Hall–Kier alpha value is -0.518. The van der Waals surface area contributed by atoms with Crippen molar-refractivity contribution in [3.63, 3.8) is 0 Å². The predicted molar refractivity (Wildman–Crippen MR) is 82.5 cm³/mol. The molecule has 0 atom stereocenters. The van der Waals surface area contributed by atoms with Crippen LogP contribution >= 0.6 is 0 Å². The van der Waals surface area contributed by atoms with Crippen LogP contribution in [-0.4, -0.2) is 30.2 Å².